The standard InChI is InChI=1S/C28H45N3O6/c1-9-11-12-16-31(26(34)23(20(4)10-2)30-27(35)37-28(5,6)7)24(21-15-13-14-19(3)17-21)25(33)29-18-22(32)36-8/h13-15,17,20,23-24H,9-12,16,18H2,1-8H3,(H,29,33)(H,30,35). The minimum absolute atomic E-state index is 0.218. The first-order valence-electron chi connectivity index (χ1n) is 13.1. The summed E-state index contributed by atoms with van der Waals surface area (Å²) in [5.74, 6) is -1.69. The van der Waals surface area contributed by atoms with E-state index in [0.29, 0.717) is 24.9 Å². The normalized spacial score (nSPS) is 13.6. The number of carbonyl (C=O) groups excluding carboxylic acids is 4. The molecule has 2 N–H and O–H groups in total. The van der Waals surface area contributed by atoms with Crippen LogP contribution in [0, 0.1) is 12.8 Å². The maximum absolute atomic E-state index is 14.1. The van der Waals surface area contributed by atoms with E-state index in [1.165, 1.54) is 12.0 Å². The molecular formula is C28H45N3O6. The maximum atomic E-state index is 14.1. The number of amides is 3. The average Bonchev–Trinajstić information content (AvgIpc) is 2.83. The second kappa shape index (κ2) is 15.2. The highest BCUT2D eigenvalue weighted by atomic mass is 16.6. The van der Waals surface area contributed by atoms with Crippen LogP contribution >= 0.6 is 0 Å². The lowest BCUT2D eigenvalue weighted by Crippen LogP contribution is -2.55. The highest BCUT2D eigenvalue weighted by Crippen LogP contribution is 2.26. The van der Waals surface area contributed by atoms with Crippen molar-refractivity contribution in [1.29, 1.82) is 0 Å². The molecule has 1 rings (SSSR count). The van der Waals surface area contributed by atoms with Gasteiger partial charge in [-0.25, -0.2) is 4.79 Å². The van der Waals surface area contributed by atoms with Crippen LogP contribution in [0.25, 0.3) is 0 Å². The van der Waals surface area contributed by atoms with Gasteiger partial charge in [0.2, 0.25) is 11.8 Å². The van der Waals surface area contributed by atoms with Crippen molar-refractivity contribution in [1.82, 2.24) is 15.5 Å². The van der Waals surface area contributed by atoms with Crippen LogP contribution in [0.1, 0.15) is 84.4 Å². The summed E-state index contributed by atoms with van der Waals surface area (Å²) in [6.07, 6.45) is 2.40. The number of aryl methyl sites for hydroxylation is 1. The quantitative estimate of drug-likeness (QED) is 0.297. The second-order valence-corrected chi connectivity index (χ2v) is 10.4. The van der Waals surface area contributed by atoms with Crippen LogP contribution in [0.15, 0.2) is 24.3 Å². The fourth-order valence-electron chi connectivity index (χ4n) is 3.84. The molecule has 1 aromatic carbocycles. The molecule has 0 saturated heterocycles. The van der Waals surface area contributed by atoms with Gasteiger partial charge >= 0.3 is 12.1 Å². The molecule has 3 unspecified atom stereocenters. The number of carbonyl (C=O) groups is 4. The Morgan fingerprint density at radius 3 is 2.30 bits per heavy atom. The molecule has 0 bridgehead atoms. The van der Waals surface area contributed by atoms with Crippen molar-refractivity contribution in [3.63, 3.8) is 0 Å². The number of unbranched alkanes of at least 4 members (excludes halogenated alkanes) is 2. The Labute approximate surface area is 221 Å². The zero-order valence-corrected chi connectivity index (χ0v) is 23.7. The summed E-state index contributed by atoms with van der Waals surface area (Å²) in [4.78, 5) is 53.5. The Morgan fingerprint density at radius 1 is 1.08 bits per heavy atom. The van der Waals surface area contributed by atoms with E-state index in [4.69, 9.17) is 4.74 Å². The van der Waals surface area contributed by atoms with Crippen LogP contribution in [-0.4, -0.2) is 60.6 Å². The van der Waals surface area contributed by atoms with Gasteiger partial charge in [-0.15, -0.1) is 0 Å². The first kappa shape index (κ1) is 31.9. The topological polar surface area (TPSA) is 114 Å². The summed E-state index contributed by atoms with van der Waals surface area (Å²) in [5.41, 5.74) is 0.813. The lowest BCUT2D eigenvalue weighted by atomic mass is 9.95. The van der Waals surface area contributed by atoms with Crippen molar-refractivity contribution >= 4 is 23.9 Å². The third-order valence-electron chi connectivity index (χ3n) is 5.99. The van der Waals surface area contributed by atoms with Crippen LogP contribution in [0.2, 0.25) is 0 Å². The van der Waals surface area contributed by atoms with Gasteiger partial charge in [-0.1, -0.05) is 69.9 Å². The molecule has 1 aromatic rings. The van der Waals surface area contributed by atoms with Gasteiger partial charge in [-0.05, 0) is 45.6 Å². The fourth-order valence-corrected chi connectivity index (χ4v) is 3.84. The van der Waals surface area contributed by atoms with Crippen LogP contribution < -0.4 is 10.6 Å². The number of alkyl carbamates (subject to hydrolysis) is 1. The smallest absolute Gasteiger partial charge is 0.408 e. The lowest BCUT2D eigenvalue weighted by Gasteiger charge is -2.36. The number of hydrogen-bond acceptors (Lipinski definition) is 6. The van der Waals surface area contributed by atoms with E-state index in [2.05, 4.69) is 22.3 Å². The molecular weight excluding hydrogens is 474 g/mol. The maximum Gasteiger partial charge on any atom is 0.408 e. The number of methoxy groups -OCH3 is 1. The summed E-state index contributed by atoms with van der Waals surface area (Å²) in [6.45, 7) is 13.0. The van der Waals surface area contributed by atoms with Crippen molar-refractivity contribution in [2.45, 2.75) is 91.8 Å². The Kier molecular flexibility index (Phi) is 13.1. The van der Waals surface area contributed by atoms with E-state index < -0.39 is 35.7 Å². The second-order valence-electron chi connectivity index (χ2n) is 10.4. The summed E-state index contributed by atoms with van der Waals surface area (Å²) in [5, 5.41) is 5.36. The van der Waals surface area contributed by atoms with Gasteiger partial charge in [0.25, 0.3) is 0 Å². The van der Waals surface area contributed by atoms with E-state index in [9.17, 15) is 19.2 Å². The number of esters is 1. The summed E-state index contributed by atoms with van der Waals surface area (Å²) in [7, 11) is 1.24. The van der Waals surface area contributed by atoms with Gasteiger partial charge in [-0.2, -0.15) is 0 Å². The molecule has 0 spiro atoms. The van der Waals surface area contributed by atoms with Crippen molar-refractivity contribution in [2.75, 3.05) is 20.2 Å². The average molecular weight is 520 g/mol. The fraction of sp³-hybridized carbons (Fsp3) is 0.643. The molecule has 3 atom stereocenters. The van der Waals surface area contributed by atoms with Gasteiger partial charge in [-0.3, -0.25) is 14.4 Å². The Hall–Kier alpha value is -3.10. The number of nitrogens with one attached hydrogen (secondary N) is 2. The van der Waals surface area contributed by atoms with Gasteiger partial charge in [0, 0.05) is 6.54 Å². The van der Waals surface area contributed by atoms with Crippen LogP contribution in [0.5, 0.6) is 0 Å². The highest BCUT2D eigenvalue weighted by molar-refractivity contribution is 5.93. The minimum atomic E-state index is -0.999. The van der Waals surface area contributed by atoms with Crippen molar-refractivity contribution < 1.29 is 28.7 Å². The number of nitrogens with zero attached hydrogens (tertiary/aromatic N) is 1. The molecule has 208 valence electrons. The monoisotopic (exact) mass is 519 g/mol. The Balaban J connectivity index is 3.50. The molecule has 0 aromatic heterocycles. The zero-order chi connectivity index (χ0) is 28.2. The molecule has 37 heavy (non-hydrogen) atoms. The van der Waals surface area contributed by atoms with E-state index in [1.54, 1.807) is 26.8 Å². The van der Waals surface area contributed by atoms with Crippen molar-refractivity contribution in [2.24, 2.45) is 5.92 Å². The third kappa shape index (κ3) is 10.8. The number of benzene rings is 1. The Morgan fingerprint density at radius 2 is 1.76 bits per heavy atom. The van der Waals surface area contributed by atoms with Gasteiger partial charge in [0.15, 0.2) is 0 Å². The molecule has 0 aliphatic carbocycles. The molecule has 0 aliphatic rings. The van der Waals surface area contributed by atoms with Crippen LogP contribution in [0.4, 0.5) is 4.79 Å². The predicted octanol–water partition coefficient (Wildman–Crippen LogP) is 4.28. The van der Waals surface area contributed by atoms with E-state index >= 15 is 0 Å². The summed E-state index contributed by atoms with van der Waals surface area (Å²) < 4.78 is 10.1. The molecule has 0 radical (unpaired) electrons. The molecule has 9 nitrogen and oxygen atoms in total. The summed E-state index contributed by atoms with van der Waals surface area (Å²) >= 11 is 0. The van der Waals surface area contributed by atoms with Gasteiger partial charge in [0.1, 0.15) is 24.2 Å². The SMILES string of the molecule is CCCCCN(C(=O)C(NC(=O)OC(C)(C)C)C(C)CC)C(C(=O)NCC(=O)OC)c1cccc(C)c1. The molecule has 9 heteroatoms. The highest BCUT2D eigenvalue weighted by Gasteiger charge is 2.38. The van der Waals surface area contributed by atoms with Crippen LogP contribution in [0.3, 0.4) is 0 Å². The van der Waals surface area contributed by atoms with Gasteiger partial charge in [0.05, 0.1) is 7.11 Å². The molecule has 3 amide bonds. The van der Waals surface area contributed by atoms with E-state index in [0.717, 1.165) is 18.4 Å². The Bertz CT molecular complexity index is 911. The van der Waals surface area contributed by atoms with E-state index in [1.807, 2.05) is 39.0 Å². The van der Waals surface area contributed by atoms with E-state index in [-0.39, 0.29) is 18.4 Å². The predicted molar refractivity (Wildman–Crippen MR) is 143 cm³/mol. The first-order chi connectivity index (χ1) is 17.3. The van der Waals surface area contributed by atoms with Gasteiger partial charge < -0.3 is 25.0 Å². The lowest BCUT2D eigenvalue weighted by molar-refractivity contribution is -0.145. The number of hydrogen-bond donors (Lipinski definition) is 2. The minimum Gasteiger partial charge on any atom is -0.468 e. The molecule has 0 fully saturated rings. The third-order valence-corrected chi connectivity index (χ3v) is 5.99. The van der Waals surface area contributed by atoms with Crippen molar-refractivity contribution in [3.05, 3.63) is 35.4 Å². The molecule has 0 saturated carbocycles. The van der Waals surface area contributed by atoms with Crippen molar-refractivity contribution in [3.8, 4) is 0 Å². The first-order valence-corrected chi connectivity index (χ1v) is 13.1. The summed E-state index contributed by atoms with van der Waals surface area (Å²) in [6, 6.07) is 5.47. The number of ether oxygens (including phenoxy) is 2. The number of rotatable bonds is 13. The zero-order valence-electron chi connectivity index (χ0n) is 23.7. The molecule has 0 aliphatic heterocycles. The molecule has 0 heterocycles. The largest absolute Gasteiger partial charge is 0.468 e. The van der Waals surface area contributed by atoms with Crippen LogP contribution in [-0.2, 0) is 23.9 Å².